The normalized spacial score (nSPS) is 14.8. The third-order valence-corrected chi connectivity index (χ3v) is 8.08. The maximum atomic E-state index is 12.8. The van der Waals surface area contributed by atoms with Crippen molar-refractivity contribution in [3.8, 4) is 33.8 Å². The molecular formula is C34H30N6O3. The second-order valence-corrected chi connectivity index (χ2v) is 12.2. The molecular weight excluding hydrogens is 540 g/mol. The van der Waals surface area contributed by atoms with Gasteiger partial charge in [0, 0.05) is 23.9 Å². The van der Waals surface area contributed by atoms with Crippen LogP contribution in [0.25, 0.3) is 44.1 Å². The van der Waals surface area contributed by atoms with Crippen LogP contribution in [0.5, 0.6) is 11.5 Å². The van der Waals surface area contributed by atoms with Gasteiger partial charge in [0.2, 0.25) is 0 Å². The second kappa shape index (κ2) is 9.35. The number of amides is 1. The van der Waals surface area contributed by atoms with Crippen molar-refractivity contribution in [3.05, 3.63) is 85.2 Å². The number of H-pyrrole nitrogens is 2. The van der Waals surface area contributed by atoms with E-state index in [0.29, 0.717) is 13.1 Å². The summed E-state index contributed by atoms with van der Waals surface area (Å²) >= 11 is 0. The van der Waals surface area contributed by atoms with Gasteiger partial charge in [0.05, 0.1) is 40.8 Å². The van der Waals surface area contributed by atoms with Crippen molar-refractivity contribution in [2.45, 2.75) is 32.4 Å². The van der Waals surface area contributed by atoms with Crippen LogP contribution in [0.1, 0.15) is 20.8 Å². The quantitative estimate of drug-likeness (QED) is 0.227. The van der Waals surface area contributed by atoms with E-state index in [4.69, 9.17) is 9.47 Å². The fourth-order valence-corrected chi connectivity index (χ4v) is 5.93. The van der Waals surface area contributed by atoms with Crippen molar-refractivity contribution in [3.63, 3.8) is 0 Å². The van der Waals surface area contributed by atoms with Crippen molar-refractivity contribution >= 4 is 39.3 Å². The number of benzene rings is 4. The molecule has 0 radical (unpaired) electrons. The molecule has 2 aliphatic rings. The summed E-state index contributed by atoms with van der Waals surface area (Å²) in [6, 6.07) is 25.3. The highest BCUT2D eigenvalue weighted by Crippen LogP contribution is 2.51. The van der Waals surface area contributed by atoms with Crippen LogP contribution in [-0.4, -0.2) is 56.1 Å². The standard InChI is InChI=1S/C34H30N6O3/c1-34(2,3)43-33(41)39-18-26(19-39)40-29-10-6-22(20-4-8-27-24(12-20)16-35-37-27)14-31(29)42-32-15-23(7-11-30(32)40)21-5-9-28-25(13-21)17-36-38-28/h4-17,26H,18-19H2,1-3H3,(H,35,37)(H,36,38). The number of carbonyl (C=O) groups is 1. The first kappa shape index (κ1) is 25.4. The van der Waals surface area contributed by atoms with Gasteiger partial charge in [-0.25, -0.2) is 4.79 Å². The number of aromatic nitrogens is 4. The average molecular weight is 571 g/mol. The SMILES string of the molecule is CC(C)(C)OC(=O)N1CC(N2c3ccc(-c4ccc5[nH]ncc5c4)cc3Oc3cc(-c4ccc5[nH]ncc5c4)ccc32)C1. The fraction of sp³-hybridized carbons (Fsp3) is 0.206. The number of ether oxygens (including phenoxy) is 2. The molecule has 0 aliphatic carbocycles. The maximum absolute atomic E-state index is 12.8. The monoisotopic (exact) mass is 570 g/mol. The highest BCUT2D eigenvalue weighted by Gasteiger charge is 2.41. The Morgan fingerprint density at radius 3 is 1.77 bits per heavy atom. The minimum atomic E-state index is -0.536. The van der Waals surface area contributed by atoms with Gasteiger partial charge in [-0.2, -0.15) is 10.2 Å². The van der Waals surface area contributed by atoms with Crippen molar-refractivity contribution in [2.24, 2.45) is 0 Å². The summed E-state index contributed by atoms with van der Waals surface area (Å²) in [4.78, 5) is 16.8. The van der Waals surface area contributed by atoms with Gasteiger partial charge >= 0.3 is 6.09 Å². The van der Waals surface area contributed by atoms with E-state index in [1.165, 1.54) is 0 Å². The minimum Gasteiger partial charge on any atom is -0.453 e. The molecule has 4 heterocycles. The Balaban J connectivity index is 1.17. The first-order valence-corrected chi connectivity index (χ1v) is 14.4. The van der Waals surface area contributed by atoms with Gasteiger partial charge in [-0.15, -0.1) is 0 Å². The van der Waals surface area contributed by atoms with E-state index >= 15 is 0 Å². The molecule has 8 rings (SSSR count). The molecule has 0 atom stereocenters. The van der Waals surface area contributed by atoms with E-state index in [-0.39, 0.29) is 12.1 Å². The largest absolute Gasteiger partial charge is 0.453 e. The lowest BCUT2D eigenvalue weighted by atomic mass is 9.98. The molecule has 6 aromatic rings. The summed E-state index contributed by atoms with van der Waals surface area (Å²) < 4.78 is 12.3. The number of nitrogens with zero attached hydrogens (tertiary/aromatic N) is 4. The predicted octanol–water partition coefficient (Wildman–Crippen LogP) is 7.64. The molecule has 0 bridgehead atoms. The topological polar surface area (TPSA) is 99.4 Å². The molecule has 4 aromatic carbocycles. The van der Waals surface area contributed by atoms with Crippen LogP contribution in [0.15, 0.2) is 85.2 Å². The number of anilines is 2. The van der Waals surface area contributed by atoms with E-state index in [9.17, 15) is 4.79 Å². The van der Waals surface area contributed by atoms with Gasteiger partial charge in [0.15, 0.2) is 11.5 Å². The van der Waals surface area contributed by atoms with Gasteiger partial charge in [-0.05, 0) is 91.6 Å². The number of carbonyl (C=O) groups excluding carboxylic acids is 1. The molecule has 0 saturated carbocycles. The molecule has 1 fully saturated rings. The Hall–Kier alpha value is -5.31. The summed E-state index contributed by atoms with van der Waals surface area (Å²) in [5.41, 5.74) is 7.68. The van der Waals surface area contributed by atoms with E-state index in [0.717, 1.165) is 66.9 Å². The van der Waals surface area contributed by atoms with Crippen LogP contribution in [0, 0.1) is 0 Å². The first-order chi connectivity index (χ1) is 20.8. The number of rotatable bonds is 3. The molecule has 9 nitrogen and oxygen atoms in total. The van der Waals surface area contributed by atoms with Crippen molar-refractivity contribution in [1.82, 2.24) is 25.3 Å². The second-order valence-electron chi connectivity index (χ2n) is 12.2. The molecule has 43 heavy (non-hydrogen) atoms. The molecule has 9 heteroatoms. The maximum Gasteiger partial charge on any atom is 0.410 e. The third-order valence-electron chi connectivity index (χ3n) is 8.08. The van der Waals surface area contributed by atoms with Crippen LogP contribution < -0.4 is 9.64 Å². The van der Waals surface area contributed by atoms with Crippen molar-refractivity contribution in [2.75, 3.05) is 18.0 Å². The average Bonchev–Trinajstić information content (AvgIpc) is 3.63. The van der Waals surface area contributed by atoms with Crippen LogP contribution in [-0.2, 0) is 4.74 Å². The lowest BCUT2D eigenvalue weighted by Gasteiger charge is -2.48. The predicted molar refractivity (Wildman–Crippen MR) is 167 cm³/mol. The number of fused-ring (bicyclic) bond motifs is 4. The van der Waals surface area contributed by atoms with E-state index in [1.54, 1.807) is 4.90 Å². The summed E-state index contributed by atoms with van der Waals surface area (Å²) in [5.74, 6) is 1.55. The Labute approximate surface area is 248 Å². The Morgan fingerprint density at radius 2 is 1.26 bits per heavy atom. The molecule has 0 spiro atoms. The van der Waals surface area contributed by atoms with Crippen LogP contribution in [0.3, 0.4) is 0 Å². The molecule has 214 valence electrons. The number of hydrogen-bond acceptors (Lipinski definition) is 6. The van der Waals surface area contributed by atoms with Crippen LogP contribution in [0.2, 0.25) is 0 Å². The number of hydrogen-bond donors (Lipinski definition) is 2. The molecule has 2 aromatic heterocycles. The molecule has 1 amide bonds. The van der Waals surface area contributed by atoms with E-state index in [2.05, 4.69) is 86.0 Å². The van der Waals surface area contributed by atoms with Crippen molar-refractivity contribution < 1.29 is 14.3 Å². The number of nitrogens with one attached hydrogen (secondary N) is 2. The Morgan fingerprint density at radius 1 is 0.767 bits per heavy atom. The fourth-order valence-electron chi connectivity index (χ4n) is 5.93. The van der Waals surface area contributed by atoms with Gasteiger partial charge in [-0.3, -0.25) is 10.2 Å². The van der Waals surface area contributed by atoms with E-state index < -0.39 is 5.60 Å². The van der Waals surface area contributed by atoms with Crippen LogP contribution >= 0.6 is 0 Å². The Kier molecular flexibility index (Phi) is 5.53. The molecule has 1 saturated heterocycles. The lowest BCUT2D eigenvalue weighted by molar-refractivity contribution is 0.00883. The summed E-state index contributed by atoms with van der Waals surface area (Å²) in [5, 5.41) is 16.5. The Bertz CT molecular complexity index is 1910. The van der Waals surface area contributed by atoms with Crippen molar-refractivity contribution in [1.29, 1.82) is 0 Å². The highest BCUT2D eigenvalue weighted by molar-refractivity contribution is 5.89. The zero-order valence-electron chi connectivity index (χ0n) is 24.1. The summed E-state index contributed by atoms with van der Waals surface area (Å²) in [7, 11) is 0. The van der Waals surface area contributed by atoms with Gasteiger partial charge < -0.3 is 19.3 Å². The smallest absolute Gasteiger partial charge is 0.410 e. The van der Waals surface area contributed by atoms with Crippen LogP contribution in [0.4, 0.5) is 16.2 Å². The summed E-state index contributed by atoms with van der Waals surface area (Å²) in [6.45, 7) is 6.79. The molecule has 0 unspecified atom stereocenters. The van der Waals surface area contributed by atoms with E-state index in [1.807, 2.05) is 45.3 Å². The number of aromatic amines is 2. The highest BCUT2D eigenvalue weighted by atomic mass is 16.6. The molecule has 2 N–H and O–H groups in total. The summed E-state index contributed by atoms with van der Waals surface area (Å²) in [6.07, 6.45) is 3.38. The van der Waals surface area contributed by atoms with Gasteiger partial charge in [0.1, 0.15) is 5.60 Å². The third kappa shape index (κ3) is 4.44. The minimum absolute atomic E-state index is 0.0789. The zero-order chi connectivity index (χ0) is 29.3. The number of likely N-dealkylation sites (tertiary alicyclic amines) is 1. The zero-order valence-corrected chi connectivity index (χ0v) is 24.1. The van der Waals surface area contributed by atoms with Gasteiger partial charge in [0.25, 0.3) is 0 Å². The lowest BCUT2D eigenvalue weighted by Crippen LogP contribution is -2.61. The first-order valence-electron chi connectivity index (χ1n) is 14.4. The van der Waals surface area contributed by atoms with Gasteiger partial charge in [-0.1, -0.05) is 24.3 Å². The molecule has 2 aliphatic heterocycles.